The Bertz CT molecular complexity index is 822. The highest BCUT2D eigenvalue weighted by atomic mass is 32.1. The Hall–Kier alpha value is -2.80. The molecule has 3 rings (SSSR count). The third-order valence-electron chi connectivity index (χ3n) is 3.92. The van der Waals surface area contributed by atoms with E-state index in [-0.39, 0.29) is 16.4 Å². The van der Waals surface area contributed by atoms with Crippen molar-refractivity contribution in [2.75, 3.05) is 11.4 Å². The van der Waals surface area contributed by atoms with E-state index in [2.05, 4.69) is 5.32 Å². The number of carbonyl (C=O) groups is 1. The second-order valence-electron chi connectivity index (χ2n) is 5.42. The molecule has 24 heavy (non-hydrogen) atoms. The summed E-state index contributed by atoms with van der Waals surface area (Å²) in [4.78, 5) is 24.8. The lowest BCUT2D eigenvalue weighted by molar-refractivity contribution is -0.385. The fraction of sp³-hybridized carbons (Fsp3) is 0.176. The molecule has 0 saturated heterocycles. The number of amides is 1. The first-order valence-electron chi connectivity index (χ1n) is 7.52. The lowest BCUT2D eigenvalue weighted by Crippen LogP contribution is -2.45. The van der Waals surface area contributed by atoms with E-state index < -0.39 is 10.8 Å². The van der Waals surface area contributed by atoms with Gasteiger partial charge < -0.3 is 4.90 Å². The number of aryl methyl sites for hydroxylation is 1. The second-order valence-corrected chi connectivity index (χ2v) is 5.80. The summed E-state index contributed by atoms with van der Waals surface area (Å²) in [5.74, 6) is -0.574. The van der Waals surface area contributed by atoms with Crippen LogP contribution in [0, 0.1) is 10.1 Å². The molecule has 2 aromatic rings. The van der Waals surface area contributed by atoms with Crippen LogP contribution in [0.5, 0.6) is 0 Å². The van der Waals surface area contributed by atoms with Crippen LogP contribution in [-0.4, -0.2) is 22.5 Å². The van der Waals surface area contributed by atoms with Gasteiger partial charge in [-0.2, -0.15) is 0 Å². The number of thiocarbonyl (C=S) groups is 1. The minimum atomic E-state index is -0.575. The summed E-state index contributed by atoms with van der Waals surface area (Å²) >= 11 is 5.36. The molecule has 1 heterocycles. The molecule has 0 unspecified atom stereocenters. The van der Waals surface area contributed by atoms with Gasteiger partial charge in [0.2, 0.25) is 0 Å². The second kappa shape index (κ2) is 6.76. The van der Waals surface area contributed by atoms with Crippen LogP contribution in [0.1, 0.15) is 22.3 Å². The summed E-state index contributed by atoms with van der Waals surface area (Å²) < 4.78 is 0. The summed E-state index contributed by atoms with van der Waals surface area (Å²) in [5.41, 5.74) is 1.90. The fourth-order valence-electron chi connectivity index (χ4n) is 2.80. The highest BCUT2D eigenvalue weighted by molar-refractivity contribution is 7.80. The van der Waals surface area contributed by atoms with Gasteiger partial charge in [-0.1, -0.05) is 30.3 Å². The van der Waals surface area contributed by atoms with Crippen LogP contribution in [0.15, 0.2) is 48.5 Å². The van der Waals surface area contributed by atoms with E-state index in [0.29, 0.717) is 6.54 Å². The van der Waals surface area contributed by atoms with Crippen molar-refractivity contribution in [3.8, 4) is 0 Å². The molecule has 1 aliphatic rings. The van der Waals surface area contributed by atoms with E-state index >= 15 is 0 Å². The highest BCUT2D eigenvalue weighted by Gasteiger charge is 2.24. The van der Waals surface area contributed by atoms with Gasteiger partial charge in [0.05, 0.1) is 4.92 Å². The minimum Gasteiger partial charge on any atom is -0.318 e. The molecule has 6 nitrogen and oxygen atoms in total. The van der Waals surface area contributed by atoms with Crippen molar-refractivity contribution < 1.29 is 9.72 Å². The van der Waals surface area contributed by atoms with E-state index in [4.69, 9.17) is 12.2 Å². The molecule has 0 saturated carbocycles. The molecule has 7 heteroatoms. The molecule has 1 aliphatic heterocycles. The van der Waals surface area contributed by atoms with E-state index in [1.54, 1.807) is 6.07 Å². The number of nitrogens with zero attached hydrogens (tertiary/aromatic N) is 2. The van der Waals surface area contributed by atoms with Crippen molar-refractivity contribution in [1.29, 1.82) is 0 Å². The first-order valence-corrected chi connectivity index (χ1v) is 7.93. The van der Waals surface area contributed by atoms with Crippen molar-refractivity contribution in [2.24, 2.45) is 0 Å². The number of benzene rings is 2. The Morgan fingerprint density at radius 2 is 1.88 bits per heavy atom. The maximum Gasteiger partial charge on any atom is 0.282 e. The molecule has 0 bridgehead atoms. The number of fused-ring (bicyclic) bond motifs is 1. The van der Waals surface area contributed by atoms with Crippen molar-refractivity contribution in [1.82, 2.24) is 5.32 Å². The van der Waals surface area contributed by atoms with Crippen molar-refractivity contribution in [3.63, 3.8) is 0 Å². The molecule has 0 spiro atoms. The zero-order chi connectivity index (χ0) is 17.1. The number of nitro benzene ring substituents is 1. The maximum absolute atomic E-state index is 12.4. The third kappa shape index (κ3) is 3.11. The first kappa shape index (κ1) is 16.1. The molecule has 1 N–H and O–H groups in total. The number of nitrogens with one attached hydrogen (secondary N) is 1. The predicted molar refractivity (Wildman–Crippen MR) is 95.3 cm³/mol. The van der Waals surface area contributed by atoms with Gasteiger partial charge in [-0.15, -0.1) is 0 Å². The number of rotatable bonds is 2. The van der Waals surface area contributed by atoms with Gasteiger partial charge >= 0.3 is 0 Å². The van der Waals surface area contributed by atoms with Crippen LogP contribution in [-0.2, 0) is 6.42 Å². The van der Waals surface area contributed by atoms with Crippen molar-refractivity contribution >= 4 is 34.6 Å². The molecular weight excluding hydrogens is 326 g/mol. The number of hydrogen-bond donors (Lipinski definition) is 1. The van der Waals surface area contributed by atoms with Gasteiger partial charge in [0.15, 0.2) is 5.11 Å². The fourth-order valence-corrected chi connectivity index (χ4v) is 3.08. The molecule has 0 fully saturated rings. The molecule has 0 atom stereocenters. The van der Waals surface area contributed by atoms with Gasteiger partial charge in [0, 0.05) is 18.3 Å². The number of anilines is 1. The maximum atomic E-state index is 12.4. The lowest BCUT2D eigenvalue weighted by atomic mass is 10.0. The molecule has 2 aromatic carbocycles. The monoisotopic (exact) mass is 341 g/mol. The molecule has 0 aliphatic carbocycles. The number of nitro groups is 1. The Morgan fingerprint density at radius 3 is 2.67 bits per heavy atom. The molecule has 0 radical (unpaired) electrons. The average molecular weight is 341 g/mol. The minimum absolute atomic E-state index is 0.00450. The van der Waals surface area contributed by atoms with Gasteiger partial charge in [-0.25, -0.2) is 0 Å². The summed E-state index contributed by atoms with van der Waals surface area (Å²) in [6, 6.07) is 13.7. The molecular formula is C17H15N3O3S. The summed E-state index contributed by atoms with van der Waals surface area (Å²) in [6.07, 6.45) is 1.89. The van der Waals surface area contributed by atoms with Crippen LogP contribution in [0.2, 0.25) is 0 Å². The van der Waals surface area contributed by atoms with Crippen LogP contribution in [0.3, 0.4) is 0 Å². The Labute approximate surface area is 144 Å². The van der Waals surface area contributed by atoms with E-state index in [0.717, 1.165) is 18.5 Å². The zero-order valence-corrected chi connectivity index (χ0v) is 13.6. The topological polar surface area (TPSA) is 75.5 Å². The van der Waals surface area contributed by atoms with Crippen LogP contribution >= 0.6 is 12.2 Å². The molecule has 0 aromatic heterocycles. The smallest absolute Gasteiger partial charge is 0.282 e. The average Bonchev–Trinajstić information content (AvgIpc) is 2.61. The first-order chi connectivity index (χ1) is 11.6. The van der Waals surface area contributed by atoms with Gasteiger partial charge in [-0.3, -0.25) is 20.2 Å². The number of carbonyl (C=O) groups excluding carboxylic acids is 1. The van der Waals surface area contributed by atoms with Gasteiger partial charge in [-0.05, 0) is 42.8 Å². The number of para-hydroxylation sites is 2. The highest BCUT2D eigenvalue weighted by Crippen LogP contribution is 2.27. The van der Waals surface area contributed by atoms with Crippen molar-refractivity contribution in [2.45, 2.75) is 12.8 Å². The predicted octanol–water partition coefficient (Wildman–Crippen LogP) is 3.06. The Kier molecular flexibility index (Phi) is 4.52. The van der Waals surface area contributed by atoms with Crippen LogP contribution < -0.4 is 10.2 Å². The van der Waals surface area contributed by atoms with Gasteiger partial charge in [0.1, 0.15) is 5.56 Å². The normalized spacial score (nSPS) is 13.1. The van der Waals surface area contributed by atoms with Crippen LogP contribution in [0.4, 0.5) is 11.4 Å². The zero-order valence-electron chi connectivity index (χ0n) is 12.8. The van der Waals surface area contributed by atoms with E-state index in [1.165, 1.54) is 23.8 Å². The lowest BCUT2D eigenvalue weighted by Gasteiger charge is -2.31. The Morgan fingerprint density at radius 1 is 1.17 bits per heavy atom. The quantitative estimate of drug-likeness (QED) is 0.516. The van der Waals surface area contributed by atoms with E-state index in [1.807, 2.05) is 29.2 Å². The van der Waals surface area contributed by atoms with Crippen LogP contribution in [0.25, 0.3) is 0 Å². The number of hydrogen-bond acceptors (Lipinski definition) is 4. The van der Waals surface area contributed by atoms with Gasteiger partial charge in [0.25, 0.3) is 11.6 Å². The van der Waals surface area contributed by atoms with E-state index in [9.17, 15) is 14.9 Å². The largest absolute Gasteiger partial charge is 0.318 e. The summed E-state index contributed by atoms with van der Waals surface area (Å²) in [5, 5.41) is 13.9. The molecule has 122 valence electrons. The summed E-state index contributed by atoms with van der Waals surface area (Å²) in [6.45, 7) is 0.701. The summed E-state index contributed by atoms with van der Waals surface area (Å²) in [7, 11) is 0. The SMILES string of the molecule is O=C(NC(=S)N1CCCc2ccccc21)c1ccccc1[N+](=O)[O-]. The third-order valence-corrected chi connectivity index (χ3v) is 4.24. The van der Waals surface area contributed by atoms with Crippen molar-refractivity contribution in [3.05, 3.63) is 69.8 Å². The standard InChI is InChI=1S/C17H15N3O3S/c21-16(13-8-2-4-10-15(13)20(22)23)18-17(24)19-11-5-7-12-6-1-3-9-14(12)19/h1-4,6,8-10H,5,7,11H2,(H,18,21,24). The Balaban J connectivity index is 1.81. The molecule has 1 amide bonds.